The van der Waals surface area contributed by atoms with Crippen molar-refractivity contribution in [2.24, 2.45) is 0 Å². The number of hydrazine groups is 1. The van der Waals surface area contributed by atoms with E-state index in [0.29, 0.717) is 6.61 Å². The molecule has 1 aliphatic heterocycles. The van der Waals surface area contributed by atoms with Crippen molar-refractivity contribution in [1.82, 2.24) is 5.43 Å². The van der Waals surface area contributed by atoms with Gasteiger partial charge in [-0.1, -0.05) is 86.1 Å². The average Bonchev–Trinajstić information content (AvgIpc) is 3.36. The Morgan fingerprint density at radius 2 is 1.53 bits per heavy atom. The van der Waals surface area contributed by atoms with Gasteiger partial charge in [-0.25, -0.2) is 4.79 Å². The molecule has 1 heterocycles. The zero-order valence-corrected chi connectivity index (χ0v) is 27.3. The molecule has 0 aliphatic carbocycles. The topological polar surface area (TPSA) is 112 Å². The standard InChI is InChI=1S/C32H44N2O8Si/c1-32(2,3)43(6,7)42-27(22-40-20-23-14-10-8-11-15-23)30(41-21-24-16-12-9-13-17-24)25-18-28(35)33-34(25)26(31(37)39-5)19-29(36)38-4/h8-17,25,27,30H,18-22H2,1-7H3/p+1/t25?,27-,30+/m1/s1. The third-order valence-electron chi connectivity index (χ3n) is 7.90. The Labute approximate surface area is 255 Å². The SMILES string of the molecule is COC(=O)C/C(C(=O)OC)=[N+]1\NC(=O)CC1[C@H](OCc1ccccc1)[C@@H](COCc1ccccc1)O[Si](C)(C)C(C)(C)C. The fourth-order valence-electron chi connectivity index (χ4n) is 4.51. The average molecular weight is 614 g/mol. The van der Waals surface area contributed by atoms with Gasteiger partial charge < -0.3 is 23.4 Å². The molecule has 3 atom stereocenters. The summed E-state index contributed by atoms with van der Waals surface area (Å²) in [6.45, 7) is 11.5. The highest BCUT2D eigenvalue weighted by molar-refractivity contribution is 6.74. The van der Waals surface area contributed by atoms with Crippen molar-refractivity contribution in [3.05, 3.63) is 71.8 Å². The number of carbonyl (C=O) groups is 3. The molecule has 0 radical (unpaired) electrons. The van der Waals surface area contributed by atoms with Crippen LogP contribution in [0.3, 0.4) is 0 Å². The van der Waals surface area contributed by atoms with E-state index in [4.69, 9.17) is 23.4 Å². The van der Waals surface area contributed by atoms with Crippen molar-refractivity contribution in [3.8, 4) is 0 Å². The number of methoxy groups -OCH3 is 2. The fraction of sp³-hybridized carbons (Fsp3) is 0.500. The van der Waals surface area contributed by atoms with Gasteiger partial charge in [0.05, 0.1) is 40.5 Å². The van der Waals surface area contributed by atoms with Crippen LogP contribution >= 0.6 is 0 Å². The first-order valence-corrected chi connectivity index (χ1v) is 17.3. The lowest BCUT2D eigenvalue weighted by Gasteiger charge is -2.41. The number of nitrogens with zero attached hydrogens (tertiary/aromatic N) is 1. The Hall–Kier alpha value is -3.38. The van der Waals surface area contributed by atoms with E-state index < -0.39 is 44.9 Å². The van der Waals surface area contributed by atoms with Crippen LogP contribution in [0.15, 0.2) is 60.7 Å². The van der Waals surface area contributed by atoms with Crippen molar-refractivity contribution in [3.63, 3.8) is 0 Å². The van der Waals surface area contributed by atoms with Crippen molar-refractivity contribution in [2.75, 3.05) is 20.8 Å². The first kappa shape index (κ1) is 34.1. The molecule has 1 saturated heterocycles. The Morgan fingerprint density at radius 1 is 0.953 bits per heavy atom. The van der Waals surface area contributed by atoms with E-state index >= 15 is 0 Å². The molecule has 43 heavy (non-hydrogen) atoms. The van der Waals surface area contributed by atoms with Crippen LogP contribution in [0.4, 0.5) is 0 Å². The predicted molar refractivity (Wildman–Crippen MR) is 164 cm³/mol. The number of hydrogen-bond acceptors (Lipinski definition) is 8. The molecule has 1 N–H and O–H groups in total. The third kappa shape index (κ3) is 9.55. The lowest BCUT2D eigenvalue weighted by molar-refractivity contribution is -0.604. The molecule has 11 heteroatoms. The summed E-state index contributed by atoms with van der Waals surface area (Å²) in [5.41, 5.74) is 4.62. The maximum atomic E-state index is 12.9. The highest BCUT2D eigenvalue weighted by Gasteiger charge is 2.51. The number of hydrazone groups is 1. The van der Waals surface area contributed by atoms with Crippen LogP contribution in [0.25, 0.3) is 0 Å². The molecule has 0 bridgehead atoms. The maximum Gasteiger partial charge on any atom is 0.401 e. The van der Waals surface area contributed by atoms with Crippen LogP contribution in [0.5, 0.6) is 0 Å². The summed E-state index contributed by atoms with van der Waals surface area (Å²) >= 11 is 0. The number of nitrogens with one attached hydrogen (secondary N) is 1. The number of carbonyl (C=O) groups excluding carboxylic acids is 3. The molecular formula is C32H45N2O8Si+. The van der Waals surface area contributed by atoms with Crippen molar-refractivity contribution < 1.29 is 42.4 Å². The summed E-state index contributed by atoms with van der Waals surface area (Å²) < 4.78 is 31.0. The van der Waals surface area contributed by atoms with Crippen LogP contribution in [0.1, 0.15) is 44.7 Å². The number of hydrogen-bond donors (Lipinski definition) is 1. The maximum absolute atomic E-state index is 12.9. The number of amides is 1. The van der Waals surface area contributed by atoms with Gasteiger partial charge in [-0.05, 0) is 29.3 Å². The first-order valence-electron chi connectivity index (χ1n) is 14.4. The van der Waals surface area contributed by atoms with Gasteiger partial charge in [-0.3, -0.25) is 9.59 Å². The van der Waals surface area contributed by atoms with Crippen molar-refractivity contribution >= 4 is 31.9 Å². The van der Waals surface area contributed by atoms with Gasteiger partial charge in [0, 0.05) is 0 Å². The Bertz CT molecular complexity index is 1260. The highest BCUT2D eigenvalue weighted by atomic mass is 28.4. The molecule has 0 aromatic heterocycles. The lowest BCUT2D eigenvalue weighted by Crippen LogP contribution is -2.55. The number of ether oxygens (including phenoxy) is 4. The highest BCUT2D eigenvalue weighted by Crippen LogP contribution is 2.38. The molecule has 1 amide bonds. The Morgan fingerprint density at radius 3 is 2.07 bits per heavy atom. The number of benzene rings is 2. The second-order valence-corrected chi connectivity index (χ2v) is 16.8. The molecule has 0 spiro atoms. The van der Waals surface area contributed by atoms with Gasteiger partial charge in [0.25, 0.3) is 5.91 Å². The van der Waals surface area contributed by atoms with Crippen LogP contribution in [0.2, 0.25) is 18.1 Å². The Balaban J connectivity index is 2.08. The third-order valence-corrected chi connectivity index (χ3v) is 12.4. The van der Waals surface area contributed by atoms with Gasteiger partial charge in [0.2, 0.25) is 6.04 Å². The smallest absolute Gasteiger partial charge is 0.401 e. The normalized spacial score (nSPS) is 18.0. The van der Waals surface area contributed by atoms with E-state index in [1.54, 1.807) is 0 Å². The van der Waals surface area contributed by atoms with Gasteiger partial charge in [-0.15, -0.1) is 5.43 Å². The fourth-order valence-corrected chi connectivity index (χ4v) is 5.82. The van der Waals surface area contributed by atoms with Gasteiger partial charge >= 0.3 is 17.7 Å². The van der Waals surface area contributed by atoms with Gasteiger partial charge in [-0.2, -0.15) is 0 Å². The second-order valence-electron chi connectivity index (χ2n) is 12.0. The number of rotatable bonds is 14. The second kappa shape index (κ2) is 15.4. The zero-order chi connectivity index (χ0) is 31.6. The van der Waals surface area contributed by atoms with E-state index in [1.165, 1.54) is 18.9 Å². The summed E-state index contributed by atoms with van der Waals surface area (Å²) in [5.74, 6) is -1.75. The summed E-state index contributed by atoms with van der Waals surface area (Å²) in [5, 5.41) is -0.133. The molecule has 234 valence electrons. The Kier molecular flexibility index (Phi) is 12.2. The van der Waals surface area contributed by atoms with Gasteiger partial charge in [0.15, 0.2) is 8.32 Å². The van der Waals surface area contributed by atoms with E-state index in [0.717, 1.165) is 11.1 Å². The number of esters is 2. The minimum atomic E-state index is -2.40. The quantitative estimate of drug-likeness (QED) is 0.192. The molecule has 3 rings (SSSR count). The molecule has 0 saturated carbocycles. The van der Waals surface area contributed by atoms with Crippen LogP contribution in [-0.2, 0) is 51.0 Å². The summed E-state index contributed by atoms with van der Waals surface area (Å²) in [4.78, 5) is 38.2. The molecule has 2 aromatic carbocycles. The van der Waals surface area contributed by atoms with Crippen molar-refractivity contribution in [2.45, 2.75) is 83.2 Å². The first-order chi connectivity index (χ1) is 20.4. The molecule has 1 fully saturated rings. The lowest BCUT2D eigenvalue weighted by atomic mass is 10.0. The van der Waals surface area contributed by atoms with Gasteiger partial charge in [0.1, 0.15) is 18.6 Å². The summed E-state index contributed by atoms with van der Waals surface area (Å²) in [7, 11) is 0.0487. The van der Waals surface area contributed by atoms with Crippen LogP contribution in [0, 0.1) is 0 Å². The monoisotopic (exact) mass is 613 g/mol. The van der Waals surface area contributed by atoms with E-state index in [-0.39, 0.29) is 36.3 Å². The molecular weight excluding hydrogens is 568 g/mol. The van der Waals surface area contributed by atoms with E-state index in [2.05, 4.69) is 39.3 Å². The van der Waals surface area contributed by atoms with Crippen LogP contribution < -0.4 is 5.43 Å². The van der Waals surface area contributed by atoms with Crippen LogP contribution in [-0.4, -0.2) is 75.6 Å². The molecule has 2 aromatic rings. The largest absolute Gasteiger partial charge is 0.469 e. The summed E-state index contributed by atoms with van der Waals surface area (Å²) in [6, 6.07) is 18.8. The molecule has 1 unspecified atom stereocenters. The van der Waals surface area contributed by atoms with E-state index in [9.17, 15) is 14.4 Å². The van der Waals surface area contributed by atoms with E-state index in [1.807, 2.05) is 60.7 Å². The van der Waals surface area contributed by atoms with Crippen molar-refractivity contribution in [1.29, 1.82) is 0 Å². The summed E-state index contributed by atoms with van der Waals surface area (Å²) in [6.07, 6.45) is -1.77. The molecule has 1 aliphatic rings. The molecule has 10 nitrogen and oxygen atoms in total. The predicted octanol–water partition coefficient (Wildman–Crippen LogP) is 4.17. The minimum absolute atomic E-state index is 0.00281. The minimum Gasteiger partial charge on any atom is -0.469 e. The zero-order valence-electron chi connectivity index (χ0n) is 26.3.